The molecule has 158 valence electrons. The summed E-state index contributed by atoms with van der Waals surface area (Å²) >= 11 is 0. The summed E-state index contributed by atoms with van der Waals surface area (Å²) in [5.74, 6) is 1.16. The maximum atomic E-state index is 12.4. The molecule has 2 heterocycles. The van der Waals surface area contributed by atoms with Crippen LogP contribution in [-0.4, -0.2) is 61.3 Å². The number of urea groups is 1. The number of likely N-dealkylation sites (tertiary alicyclic amines) is 1. The maximum absolute atomic E-state index is 12.4. The van der Waals surface area contributed by atoms with Crippen molar-refractivity contribution in [3.05, 3.63) is 35.5 Å². The first kappa shape index (κ1) is 21.3. The summed E-state index contributed by atoms with van der Waals surface area (Å²) in [4.78, 5) is 18.6. The Bertz CT molecular complexity index is 797. The Balaban J connectivity index is 1.74. The number of aliphatic hydroxyl groups is 1. The number of hydrogen-bond acceptors (Lipinski definition) is 5. The molecule has 0 unspecified atom stereocenters. The molecular weight excluding hydrogens is 370 g/mol. The molecule has 1 aromatic rings. The number of allylic oxidation sites excluding steroid dienone is 1. The highest BCUT2D eigenvalue weighted by Crippen LogP contribution is 2.39. The molecule has 2 aliphatic heterocycles. The molecule has 2 N–H and O–H groups in total. The zero-order valence-corrected chi connectivity index (χ0v) is 17.5. The maximum Gasteiger partial charge on any atom is 0.321 e. The van der Waals surface area contributed by atoms with Gasteiger partial charge in [0.1, 0.15) is 5.75 Å². The van der Waals surface area contributed by atoms with Crippen LogP contribution in [0.3, 0.4) is 0 Å². The molecular formula is C22H31N3O4. The predicted octanol–water partition coefficient (Wildman–Crippen LogP) is 3.28. The molecule has 0 spiro atoms. The lowest BCUT2D eigenvalue weighted by Crippen LogP contribution is -2.40. The molecule has 3 rings (SSSR count). The average Bonchev–Trinajstić information content (AvgIpc) is 3.07. The smallest absolute Gasteiger partial charge is 0.321 e. The van der Waals surface area contributed by atoms with Gasteiger partial charge in [-0.2, -0.15) is 0 Å². The van der Waals surface area contributed by atoms with E-state index < -0.39 is 5.60 Å². The predicted molar refractivity (Wildman–Crippen MR) is 113 cm³/mol. The van der Waals surface area contributed by atoms with Crippen molar-refractivity contribution in [3.63, 3.8) is 0 Å². The Labute approximate surface area is 172 Å². The first-order valence-corrected chi connectivity index (χ1v) is 10.1. The molecule has 0 radical (unpaired) electrons. The lowest BCUT2D eigenvalue weighted by Gasteiger charge is -2.25. The zero-order valence-electron chi connectivity index (χ0n) is 17.5. The van der Waals surface area contributed by atoms with Crippen molar-refractivity contribution < 1.29 is 19.4 Å². The van der Waals surface area contributed by atoms with Gasteiger partial charge in [-0.25, -0.2) is 4.79 Å². The molecule has 2 aliphatic rings. The Morgan fingerprint density at radius 2 is 2.17 bits per heavy atom. The number of ether oxygens (including phenoxy) is 2. The fraction of sp³-hybridized carbons (Fsp3) is 0.545. The summed E-state index contributed by atoms with van der Waals surface area (Å²) in [5, 5.41) is 12.8. The molecule has 0 aromatic heterocycles. The number of rotatable bonds is 5. The number of nitrogens with one attached hydrogen (secondary N) is 1. The SMILES string of the molecule is C=C(C=Nc1c(C2CCOCC2)ccc(OC)c1C)NC(=O)N1CC[C@](C)(O)C1. The fourth-order valence-corrected chi connectivity index (χ4v) is 3.94. The Kier molecular flexibility index (Phi) is 6.59. The molecule has 0 saturated carbocycles. The second-order valence-electron chi connectivity index (χ2n) is 8.10. The molecule has 2 saturated heterocycles. The minimum absolute atomic E-state index is 0.272. The molecule has 0 aliphatic carbocycles. The standard InChI is InChI=1S/C22H31N3O4/c1-15(24-21(26)25-10-9-22(3,27)14-25)13-23-20-16(2)19(28-4)6-5-18(20)17-7-11-29-12-8-17/h5-6,13,17,27H,1,7-12,14H2,2-4H3,(H,24,26)/t22-/m0/s1. The number of nitrogens with zero attached hydrogens (tertiary/aromatic N) is 2. The van der Waals surface area contributed by atoms with Crippen molar-refractivity contribution in [1.29, 1.82) is 0 Å². The van der Waals surface area contributed by atoms with Crippen LogP contribution in [0.1, 0.15) is 43.2 Å². The van der Waals surface area contributed by atoms with E-state index in [0.29, 0.717) is 31.1 Å². The van der Waals surface area contributed by atoms with Gasteiger partial charge in [-0.15, -0.1) is 0 Å². The van der Waals surface area contributed by atoms with Crippen LogP contribution < -0.4 is 10.1 Å². The van der Waals surface area contributed by atoms with E-state index in [4.69, 9.17) is 9.47 Å². The van der Waals surface area contributed by atoms with Gasteiger partial charge in [0, 0.05) is 25.3 Å². The normalized spacial score (nSPS) is 22.8. The topological polar surface area (TPSA) is 83.4 Å². The van der Waals surface area contributed by atoms with E-state index in [1.54, 1.807) is 25.1 Å². The number of aliphatic imine (C=N–C) groups is 1. The highest BCUT2D eigenvalue weighted by molar-refractivity contribution is 5.88. The van der Waals surface area contributed by atoms with Crippen LogP contribution >= 0.6 is 0 Å². The van der Waals surface area contributed by atoms with Crippen molar-refractivity contribution in [2.75, 3.05) is 33.4 Å². The first-order valence-electron chi connectivity index (χ1n) is 10.1. The van der Waals surface area contributed by atoms with Crippen LogP contribution in [0.2, 0.25) is 0 Å². The van der Waals surface area contributed by atoms with Gasteiger partial charge in [-0.1, -0.05) is 12.6 Å². The largest absolute Gasteiger partial charge is 0.496 e. The van der Waals surface area contributed by atoms with Crippen LogP contribution in [-0.2, 0) is 4.74 Å². The van der Waals surface area contributed by atoms with Crippen molar-refractivity contribution in [2.24, 2.45) is 4.99 Å². The zero-order chi connectivity index (χ0) is 21.0. The summed E-state index contributed by atoms with van der Waals surface area (Å²) in [6.07, 6.45) is 4.07. The van der Waals surface area contributed by atoms with Gasteiger partial charge < -0.3 is 24.8 Å². The summed E-state index contributed by atoms with van der Waals surface area (Å²) in [5.41, 5.74) is 2.56. The molecule has 0 bridgehead atoms. The van der Waals surface area contributed by atoms with E-state index in [2.05, 4.69) is 23.0 Å². The summed E-state index contributed by atoms with van der Waals surface area (Å²) in [7, 11) is 1.65. The van der Waals surface area contributed by atoms with Crippen molar-refractivity contribution in [1.82, 2.24) is 10.2 Å². The van der Waals surface area contributed by atoms with E-state index in [0.717, 1.165) is 48.6 Å². The van der Waals surface area contributed by atoms with Gasteiger partial charge in [0.25, 0.3) is 0 Å². The molecule has 7 nitrogen and oxygen atoms in total. The third kappa shape index (κ3) is 5.16. The van der Waals surface area contributed by atoms with Crippen molar-refractivity contribution >= 4 is 17.9 Å². The number of carbonyl (C=O) groups excluding carboxylic acids is 1. The number of methoxy groups -OCH3 is 1. The number of carbonyl (C=O) groups is 1. The highest BCUT2D eigenvalue weighted by atomic mass is 16.5. The Hall–Kier alpha value is -2.38. The molecule has 2 fully saturated rings. The van der Waals surface area contributed by atoms with Crippen molar-refractivity contribution in [3.8, 4) is 5.75 Å². The number of β-amino-alcohol motifs (C(OH)–C–C–N with tert-alkyl or cyclic N) is 1. The Morgan fingerprint density at radius 3 is 2.79 bits per heavy atom. The minimum Gasteiger partial charge on any atom is -0.496 e. The second-order valence-corrected chi connectivity index (χ2v) is 8.10. The van der Waals surface area contributed by atoms with Crippen LogP contribution in [0.15, 0.2) is 29.4 Å². The second kappa shape index (κ2) is 8.97. The van der Waals surface area contributed by atoms with Gasteiger partial charge in [0.2, 0.25) is 0 Å². The van der Waals surface area contributed by atoms with E-state index in [1.807, 2.05) is 13.0 Å². The molecule has 1 aromatic carbocycles. The van der Waals surface area contributed by atoms with Gasteiger partial charge in [0.15, 0.2) is 0 Å². The third-order valence-corrected chi connectivity index (χ3v) is 5.65. The molecule has 7 heteroatoms. The van der Waals surface area contributed by atoms with Crippen molar-refractivity contribution in [2.45, 2.75) is 44.6 Å². The van der Waals surface area contributed by atoms with Crippen LogP contribution in [0.25, 0.3) is 0 Å². The Morgan fingerprint density at radius 1 is 1.45 bits per heavy atom. The number of benzene rings is 1. The fourth-order valence-electron chi connectivity index (χ4n) is 3.94. The van der Waals surface area contributed by atoms with Gasteiger partial charge in [-0.05, 0) is 50.7 Å². The van der Waals surface area contributed by atoms with E-state index in [9.17, 15) is 9.90 Å². The quantitative estimate of drug-likeness (QED) is 0.742. The highest BCUT2D eigenvalue weighted by Gasteiger charge is 2.34. The molecule has 29 heavy (non-hydrogen) atoms. The monoisotopic (exact) mass is 401 g/mol. The molecule has 1 atom stereocenters. The van der Waals surface area contributed by atoms with Gasteiger partial charge in [-0.3, -0.25) is 4.99 Å². The van der Waals surface area contributed by atoms with Gasteiger partial charge in [0.05, 0.1) is 36.9 Å². The lowest BCUT2D eigenvalue weighted by molar-refractivity contribution is 0.0721. The average molecular weight is 402 g/mol. The van der Waals surface area contributed by atoms with Gasteiger partial charge >= 0.3 is 6.03 Å². The summed E-state index contributed by atoms with van der Waals surface area (Å²) in [6, 6.07) is 3.78. The van der Waals surface area contributed by atoms with E-state index in [1.165, 1.54) is 0 Å². The lowest BCUT2D eigenvalue weighted by atomic mass is 9.89. The third-order valence-electron chi connectivity index (χ3n) is 5.65. The number of hydrogen-bond donors (Lipinski definition) is 2. The van der Waals surface area contributed by atoms with E-state index in [-0.39, 0.29) is 6.03 Å². The summed E-state index contributed by atoms with van der Waals surface area (Å²) < 4.78 is 11.0. The molecule has 2 amide bonds. The van der Waals surface area contributed by atoms with Crippen LogP contribution in [0.5, 0.6) is 5.75 Å². The van der Waals surface area contributed by atoms with Crippen LogP contribution in [0.4, 0.5) is 10.5 Å². The first-order chi connectivity index (χ1) is 13.8. The van der Waals surface area contributed by atoms with E-state index >= 15 is 0 Å². The number of amides is 2. The summed E-state index contributed by atoms with van der Waals surface area (Å²) in [6.45, 7) is 9.97. The minimum atomic E-state index is -0.830. The van der Waals surface area contributed by atoms with Crippen LogP contribution in [0, 0.1) is 6.92 Å².